The van der Waals surface area contributed by atoms with Gasteiger partial charge in [0.15, 0.2) is 12.4 Å². The molecule has 1 aromatic heterocycles. The van der Waals surface area contributed by atoms with Gasteiger partial charge >= 0.3 is 0 Å². The molecule has 0 aliphatic carbocycles. The molecule has 2 aromatic rings. The van der Waals surface area contributed by atoms with Crippen LogP contribution in [-0.2, 0) is 6.54 Å². The molecule has 2 fully saturated rings. The molecule has 1 amide bonds. The summed E-state index contributed by atoms with van der Waals surface area (Å²) in [4.78, 5) is 16.9. The maximum absolute atomic E-state index is 14.3. The van der Waals surface area contributed by atoms with Crippen LogP contribution in [0, 0.1) is 16.4 Å². The van der Waals surface area contributed by atoms with Crippen LogP contribution in [0.4, 0.5) is 4.39 Å². The number of hydrogen-bond acceptors (Lipinski definition) is 4. The van der Waals surface area contributed by atoms with Gasteiger partial charge in [0.2, 0.25) is 0 Å². The number of nitrogens with zero attached hydrogens (tertiary/aromatic N) is 3. The predicted octanol–water partition coefficient (Wildman–Crippen LogP) is 2.60. The van der Waals surface area contributed by atoms with Gasteiger partial charge in [-0.2, -0.15) is 4.73 Å². The van der Waals surface area contributed by atoms with E-state index in [1.165, 1.54) is 18.5 Å². The maximum atomic E-state index is 14.3. The molecule has 0 radical (unpaired) electrons. The first-order valence-electron chi connectivity index (χ1n) is 10.0. The van der Waals surface area contributed by atoms with Crippen molar-refractivity contribution in [2.24, 2.45) is 5.41 Å². The molecule has 0 bridgehead atoms. The number of piperidine rings is 1. The largest absolute Gasteiger partial charge is 0.619 e. The smallest absolute Gasteiger partial charge is 0.259 e. The van der Waals surface area contributed by atoms with E-state index < -0.39 is 0 Å². The number of methoxy groups -OCH3 is 1. The van der Waals surface area contributed by atoms with E-state index in [2.05, 4.69) is 4.90 Å². The molecule has 154 valence electrons. The van der Waals surface area contributed by atoms with Gasteiger partial charge in [0.05, 0.1) is 7.11 Å². The highest BCUT2D eigenvalue weighted by Gasteiger charge is 2.43. The van der Waals surface area contributed by atoms with Crippen LogP contribution in [0.3, 0.4) is 0 Å². The fourth-order valence-electron chi connectivity index (χ4n) is 4.69. The highest BCUT2D eigenvalue weighted by atomic mass is 19.1. The summed E-state index contributed by atoms with van der Waals surface area (Å²) in [6.45, 7) is 3.66. The van der Waals surface area contributed by atoms with Crippen LogP contribution in [0.15, 0.2) is 42.7 Å². The van der Waals surface area contributed by atoms with Gasteiger partial charge in [-0.3, -0.25) is 9.69 Å². The molecular formula is C22H26FN3O3. The number of benzene rings is 1. The van der Waals surface area contributed by atoms with E-state index in [9.17, 15) is 14.4 Å². The molecular weight excluding hydrogens is 373 g/mol. The van der Waals surface area contributed by atoms with Crippen molar-refractivity contribution in [3.63, 3.8) is 0 Å². The number of aromatic nitrogens is 1. The summed E-state index contributed by atoms with van der Waals surface area (Å²) in [6.07, 6.45) is 5.72. The Labute approximate surface area is 170 Å². The summed E-state index contributed by atoms with van der Waals surface area (Å²) in [5.74, 6) is 0.343. The van der Waals surface area contributed by atoms with Gasteiger partial charge in [-0.15, -0.1) is 0 Å². The van der Waals surface area contributed by atoms with Crippen molar-refractivity contribution in [2.75, 3.05) is 33.3 Å². The second-order valence-corrected chi connectivity index (χ2v) is 8.20. The molecule has 7 heteroatoms. The highest BCUT2D eigenvalue weighted by Crippen LogP contribution is 2.40. The number of halogens is 1. The van der Waals surface area contributed by atoms with Crippen molar-refractivity contribution in [2.45, 2.75) is 25.8 Å². The third kappa shape index (κ3) is 4.19. The van der Waals surface area contributed by atoms with E-state index in [-0.39, 0.29) is 17.1 Å². The molecule has 0 saturated carbocycles. The molecule has 2 aliphatic rings. The van der Waals surface area contributed by atoms with E-state index >= 15 is 0 Å². The molecule has 0 N–H and O–H groups in total. The summed E-state index contributed by atoms with van der Waals surface area (Å²) in [7, 11) is 1.58. The molecule has 29 heavy (non-hydrogen) atoms. The number of amides is 1. The Kier molecular flexibility index (Phi) is 5.41. The number of likely N-dealkylation sites (tertiary alicyclic amines) is 2. The fourth-order valence-corrected chi connectivity index (χ4v) is 4.69. The standard InChI is InChI=1S/C22H26FN3O3/c1-29-19-5-6-20(23)18(12-19)13-24-9-3-7-22(15-24)8-11-25(16-22)21(27)17-4-2-10-26(28)14-17/h2,4-6,10,12,14H,3,7-9,11,13,15-16H2,1H3. The second kappa shape index (κ2) is 7.99. The van der Waals surface area contributed by atoms with Crippen molar-refractivity contribution >= 4 is 5.91 Å². The number of carbonyl (C=O) groups excluding carboxylic acids is 1. The number of hydrogen-bond donors (Lipinski definition) is 0. The molecule has 6 nitrogen and oxygen atoms in total. The normalized spacial score (nSPS) is 22.2. The average Bonchev–Trinajstić information content (AvgIpc) is 3.12. The lowest BCUT2D eigenvalue weighted by molar-refractivity contribution is -0.605. The first kappa shape index (κ1) is 19.6. The summed E-state index contributed by atoms with van der Waals surface area (Å²) in [5.41, 5.74) is 1.09. The Morgan fingerprint density at radius 3 is 2.93 bits per heavy atom. The van der Waals surface area contributed by atoms with Crippen LogP contribution in [0.5, 0.6) is 5.75 Å². The van der Waals surface area contributed by atoms with Crippen LogP contribution < -0.4 is 9.47 Å². The number of pyridine rings is 1. The van der Waals surface area contributed by atoms with Gasteiger partial charge in [-0.1, -0.05) is 0 Å². The van der Waals surface area contributed by atoms with Gasteiger partial charge in [-0.25, -0.2) is 4.39 Å². The lowest BCUT2D eigenvalue weighted by Crippen LogP contribution is -2.45. The molecule has 1 aromatic carbocycles. The van der Waals surface area contributed by atoms with Gasteiger partial charge in [0.25, 0.3) is 5.91 Å². The lowest BCUT2D eigenvalue weighted by Gasteiger charge is -2.40. The zero-order chi connectivity index (χ0) is 20.4. The van der Waals surface area contributed by atoms with E-state index in [0.29, 0.717) is 41.2 Å². The Morgan fingerprint density at radius 2 is 2.14 bits per heavy atom. The van der Waals surface area contributed by atoms with Crippen LogP contribution in [0.1, 0.15) is 35.2 Å². The maximum Gasteiger partial charge on any atom is 0.259 e. The summed E-state index contributed by atoms with van der Waals surface area (Å²) in [6, 6.07) is 8.12. The van der Waals surface area contributed by atoms with Crippen LogP contribution in [0.2, 0.25) is 0 Å². The van der Waals surface area contributed by atoms with Crippen molar-refractivity contribution in [1.29, 1.82) is 0 Å². The zero-order valence-electron chi connectivity index (χ0n) is 16.6. The minimum atomic E-state index is -0.219. The van der Waals surface area contributed by atoms with Crippen molar-refractivity contribution < 1.29 is 18.7 Å². The SMILES string of the molecule is COc1ccc(F)c(CN2CCCC3(CCN(C(=O)c4ccc[n+]([O-])c4)C3)C2)c1. The van der Waals surface area contributed by atoms with Crippen molar-refractivity contribution in [3.05, 3.63) is 64.9 Å². The van der Waals surface area contributed by atoms with E-state index in [1.54, 1.807) is 31.4 Å². The number of ether oxygens (including phenoxy) is 1. The zero-order valence-corrected chi connectivity index (χ0v) is 16.6. The van der Waals surface area contributed by atoms with Crippen molar-refractivity contribution in [3.8, 4) is 5.75 Å². The Balaban J connectivity index is 1.44. The van der Waals surface area contributed by atoms with Gasteiger partial charge in [0, 0.05) is 43.2 Å². The molecule has 1 atom stereocenters. The van der Waals surface area contributed by atoms with Crippen LogP contribution in [0.25, 0.3) is 0 Å². The van der Waals surface area contributed by atoms with Gasteiger partial charge in [0.1, 0.15) is 17.1 Å². The highest BCUT2D eigenvalue weighted by molar-refractivity contribution is 5.93. The Hall–Kier alpha value is -2.67. The van der Waals surface area contributed by atoms with Crippen molar-refractivity contribution in [1.82, 2.24) is 9.80 Å². The average molecular weight is 399 g/mol. The lowest BCUT2D eigenvalue weighted by atomic mass is 9.79. The molecule has 4 rings (SSSR count). The van der Waals surface area contributed by atoms with Gasteiger partial charge in [-0.05, 0) is 50.1 Å². The first-order chi connectivity index (χ1) is 14.0. The summed E-state index contributed by atoms with van der Waals surface area (Å²) in [5, 5.41) is 11.5. The van der Waals surface area contributed by atoms with E-state index in [1.807, 2.05) is 4.90 Å². The molecule has 3 heterocycles. The first-order valence-corrected chi connectivity index (χ1v) is 10.0. The minimum Gasteiger partial charge on any atom is -0.619 e. The second-order valence-electron chi connectivity index (χ2n) is 8.20. The minimum absolute atomic E-state index is 0.0332. The summed E-state index contributed by atoms with van der Waals surface area (Å²) < 4.78 is 20.1. The summed E-state index contributed by atoms with van der Waals surface area (Å²) >= 11 is 0. The van der Waals surface area contributed by atoms with E-state index in [0.717, 1.165) is 32.4 Å². The monoisotopic (exact) mass is 399 g/mol. The topological polar surface area (TPSA) is 59.7 Å². The quantitative estimate of drug-likeness (QED) is 0.586. The van der Waals surface area contributed by atoms with Crippen LogP contribution in [-0.4, -0.2) is 49.0 Å². The molecule has 2 saturated heterocycles. The number of rotatable bonds is 4. The third-order valence-electron chi connectivity index (χ3n) is 6.13. The predicted molar refractivity (Wildman–Crippen MR) is 106 cm³/mol. The van der Waals surface area contributed by atoms with Crippen LogP contribution >= 0.6 is 0 Å². The molecule has 2 aliphatic heterocycles. The van der Waals surface area contributed by atoms with E-state index in [4.69, 9.17) is 4.74 Å². The third-order valence-corrected chi connectivity index (χ3v) is 6.13. The fraction of sp³-hybridized carbons (Fsp3) is 0.455. The Morgan fingerprint density at radius 1 is 1.28 bits per heavy atom. The molecule has 1 spiro atoms. The molecule has 1 unspecified atom stereocenters. The van der Waals surface area contributed by atoms with Gasteiger partial charge < -0.3 is 14.8 Å². The number of carbonyl (C=O) groups is 1. The Bertz CT molecular complexity index is 907.